The van der Waals surface area contributed by atoms with Crippen molar-refractivity contribution in [2.24, 2.45) is 35.5 Å². The van der Waals surface area contributed by atoms with Crippen molar-refractivity contribution in [2.45, 2.75) is 242 Å². The minimum Gasteiger partial charge on any atom is -0.481 e. The molecule has 7 fully saturated rings. The molecule has 7 rings (SSSR count). The summed E-state index contributed by atoms with van der Waals surface area (Å²) in [5, 5.41) is 45.7. The fraction of sp³-hybridized carbons (Fsp3) is 0.979. The molecule has 0 aromatic rings. The number of methoxy groups -OCH3 is 3. The maximum atomic E-state index is 12.4. The SMILES string of the molecule is CO[C@H]1[C@H](C)[C@@H]([C@H]2CC[C@H]([C@]3(C)CC[C@H]([C@]4(C)CC[C@@]5(O[C@H]([C@H](C)[C@H]6O[C@@](O)([C@H](C)C(=O)O)[C@H](C)[C@@H](O)[C@]6(C)O[C@H]6CC[C@H](OC)[C@@H](C)O6)C[C@@H](OC)[C@H]5C)O4)O3)O2)O[C@](C)(O)[C@@H]1C. The normalized spacial score (nSPS) is 54.6. The molecule has 0 bridgehead atoms. The lowest BCUT2D eigenvalue weighted by atomic mass is 9.69. The van der Waals surface area contributed by atoms with Crippen LogP contribution in [0.2, 0.25) is 0 Å². The number of carboxylic acid groups (broad SMARTS) is 1. The Labute approximate surface area is 380 Å². The molecule has 7 aliphatic heterocycles. The second-order valence-corrected chi connectivity index (χ2v) is 21.7. The fourth-order valence-electron chi connectivity index (χ4n) is 13.0. The molecule has 1 spiro atoms. The van der Waals surface area contributed by atoms with Gasteiger partial charge in [-0.3, -0.25) is 4.79 Å². The fourth-order valence-corrected chi connectivity index (χ4v) is 13.0. The minimum atomic E-state index is -2.24. The van der Waals surface area contributed by atoms with Gasteiger partial charge >= 0.3 is 5.97 Å². The third kappa shape index (κ3) is 8.66. The lowest BCUT2D eigenvalue weighted by Gasteiger charge is -2.58. The van der Waals surface area contributed by atoms with Gasteiger partial charge in [0.25, 0.3) is 0 Å². The highest BCUT2D eigenvalue weighted by molar-refractivity contribution is 5.70. The molecule has 64 heavy (non-hydrogen) atoms. The molecule has 0 saturated carbocycles. The van der Waals surface area contributed by atoms with Gasteiger partial charge in [0, 0.05) is 70.2 Å². The number of aliphatic hydroxyl groups is 3. The van der Waals surface area contributed by atoms with Crippen LogP contribution >= 0.6 is 0 Å². The van der Waals surface area contributed by atoms with Crippen LogP contribution in [0.3, 0.4) is 0 Å². The predicted octanol–water partition coefficient (Wildman–Crippen LogP) is 5.33. The van der Waals surface area contributed by atoms with Gasteiger partial charge in [0.05, 0.1) is 78.3 Å². The van der Waals surface area contributed by atoms with E-state index in [-0.39, 0.29) is 66.6 Å². The first kappa shape index (κ1) is 50.8. The smallest absolute Gasteiger partial charge is 0.311 e. The molecule has 7 saturated heterocycles. The van der Waals surface area contributed by atoms with Crippen LogP contribution in [0.15, 0.2) is 0 Å². The first-order chi connectivity index (χ1) is 29.8. The average molecular weight is 915 g/mol. The summed E-state index contributed by atoms with van der Waals surface area (Å²) in [4.78, 5) is 12.4. The van der Waals surface area contributed by atoms with Crippen molar-refractivity contribution in [1.29, 1.82) is 0 Å². The second-order valence-electron chi connectivity index (χ2n) is 21.7. The highest BCUT2D eigenvalue weighted by Crippen LogP contribution is 2.56. The molecular formula is C48H82O16. The van der Waals surface area contributed by atoms with Gasteiger partial charge < -0.3 is 72.5 Å². The van der Waals surface area contributed by atoms with Crippen LogP contribution in [0.4, 0.5) is 0 Å². The van der Waals surface area contributed by atoms with E-state index in [1.165, 1.54) is 6.92 Å². The maximum absolute atomic E-state index is 12.4. The second kappa shape index (κ2) is 18.3. The summed E-state index contributed by atoms with van der Waals surface area (Å²) in [6.45, 7) is 20.7. The van der Waals surface area contributed by atoms with E-state index in [9.17, 15) is 25.2 Å². The Morgan fingerprint density at radius 2 is 1.41 bits per heavy atom. The predicted molar refractivity (Wildman–Crippen MR) is 231 cm³/mol. The van der Waals surface area contributed by atoms with Crippen molar-refractivity contribution in [3.63, 3.8) is 0 Å². The Bertz CT molecular complexity index is 1630. The van der Waals surface area contributed by atoms with Crippen LogP contribution in [0.1, 0.15) is 134 Å². The Balaban J connectivity index is 1.09. The van der Waals surface area contributed by atoms with Gasteiger partial charge in [-0.25, -0.2) is 0 Å². The van der Waals surface area contributed by atoms with E-state index < -0.39 is 82.5 Å². The van der Waals surface area contributed by atoms with Crippen molar-refractivity contribution in [3.05, 3.63) is 0 Å². The zero-order valence-electron chi connectivity index (χ0n) is 40.9. The van der Waals surface area contributed by atoms with Gasteiger partial charge in [0.1, 0.15) is 11.5 Å². The summed E-state index contributed by atoms with van der Waals surface area (Å²) in [6, 6.07) is 0. The van der Waals surface area contributed by atoms with Gasteiger partial charge in [0.15, 0.2) is 23.7 Å². The monoisotopic (exact) mass is 915 g/mol. The van der Waals surface area contributed by atoms with E-state index in [1.807, 2.05) is 20.8 Å². The van der Waals surface area contributed by atoms with E-state index in [0.29, 0.717) is 32.1 Å². The van der Waals surface area contributed by atoms with Crippen LogP contribution in [-0.4, -0.2) is 155 Å². The Morgan fingerprint density at radius 1 is 0.719 bits per heavy atom. The molecule has 370 valence electrons. The lowest BCUT2D eigenvalue weighted by Crippen LogP contribution is -2.72. The first-order valence-corrected chi connectivity index (χ1v) is 24.2. The number of ether oxygens (including phenoxy) is 11. The molecule has 7 aliphatic rings. The molecular weight excluding hydrogens is 833 g/mol. The summed E-state index contributed by atoms with van der Waals surface area (Å²) in [7, 11) is 5.02. The zero-order chi connectivity index (χ0) is 47.1. The molecule has 0 unspecified atom stereocenters. The van der Waals surface area contributed by atoms with Crippen LogP contribution in [0.25, 0.3) is 0 Å². The number of aliphatic hydroxyl groups excluding tert-OH is 1. The Kier molecular flexibility index (Phi) is 14.6. The molecule has 16 heteroatoms. The zero-order valence-corrected chi connectivity index (χ0v) is 40.9. The van der Waals surface area contributed by atoms with Gasteiger partial charge in [-0.15, -0.1) is 0 Å². The summed E-state index contributed by atoms with van der Waals surface area (Å²) in [5.74, 6) is -9.27. The molecule has 0 radical (unpaired) electrons. The molecule has 16 nitrogen and oxygen atoms in total. The molecule has 0 aliphatic carbocycles. The molecule has 0 aromatic heterocycles. The van der Waals surface area contributed by atoms with Crippen molar-refractivity contribution >= 4 is 5.97 Å². The summed E-state index contributed by atoms with van der Waals surface area (Å²) in [5.41, 5.74) is -2.76. The van der Waals surface area contributed by atoms with Gasteiger partial charge in [-0.1, -0.05) is 34.6 Å². The number of carboxylic acids is 1. The van der Waals surface area contributed by atoms with E-state index in [0.717, 1.165) is 25.7 Å². The molecule has 7 heterocycles. The highest BCUT2D eigenvalue weighted by Gasteiger charge is 2.67. The van der Waals surface area contributed by atoms with E-state index in [4.69, 9.17) is 52.1 Å². The standard InChI is InChI=1S/C48H82O16/c1-24(41-45(10,61-37-18-16-31(54-12)30(7)57-37)40(49)28(5)48(53,63-41)29(6)42(50)51)33-23-34(55-13)26(3)47(59-33)22-21-44(9,64-47)36-19-20-43(8,60-36)35-17-15-32(58-35)39-25(2)38(56-14)27(4)46(11,52)62-39/h24-41,49,52-53H,15-23H2,1-14H3,(H,50,51)/t24-,25-,26+,27+,28+,29+,30+,31-,32+,33-,34+,35+,36+,37-,38-,39-,40+,41+,43-,44-,45-,46-,47+,48+/m0/s1. The largest absolute Gasteiger partial charge is 0.481 e. The minimum absolute atomic E-state index is 0.0222. The van der Waals surface area contributed by atoms with E-state index in [2.05, 4.69) is 27.7 Å². The number of rotatable bonds is 12. The van der Waals surface area contributed by atoms with Crippen LogP contribution in [0, 0.1) is 35.5 Å². The number of carbonyl (C=O) groups is 1. The third-order valence-corrected chi connectivity index (χ3v) is 17.8. The molecule has 0 aromatic carbocycles. The van der Waals surface area contributed by atoms with Crippen molar-refractivity contribution < 1.29 is 77.3 Å². The van der Waals surface area contributed by atoms with Crippen LogP contribution < -0.4 is 0 Å². The first-order valence-electron chi connectivity index (χ1n) is 24.2. The van der Waals surface area contributed by atoms with Crippen molar-refractivity contribution in [1.82, 2.24) is 0 Å². The Hall–Kier alpha value is -1.09. The lowest BCUT2D eigenvalue weighted by molar-refractivity contribution is -0.408. The molecule has 4 N–H and O–H groups in total. The van der Waals surface area contributed by atoms with Crippen LogP contribution in [0.5, 0.6) is 0 Å². The van der Waals surface area contributed by atoms with Gasteiger partial charge in [-0.05, 0) is 80.1 Å². The van der Waals surface area contributed by atoms with E-state index in [1.54, 1.807) is 42.1 Å². The molecule has 0 amide bonds. The Morgan fingerprint density at radius 3 is 2.03 bits per heavy atom. The maximum Gasteiger partial charge on any atom is 0.311 e. The topological polar surface area (TPSA) is 200 Å². The number of aliphatic carboxylic acids is 1. The number of hydrogen-bond acceptors (Lipinski definition) is 15. The van der Waals surface area contributed by atoms with E-state index >= 15 is 0 Å². The van der Waals surface area contributed by atoms with Gasteiger partial charge in [-0.2, -0.15) is 0 Å². The van der Waals surface area contributed by atoms with Gasteiger partial charge in [0.2, 0.25) is 0 Å². The quantitative estimate of drug-likeness (QED) is 0.196. The average Bonchev–Trinajstić information content (AvgIpc) is 4.00. The third-order valence-electron chi connectivity index (χ3n) is 17.8. The van der Waals surface area contributed by atoms with Crippen molar-refractivity contribution in [3.8, 4) is 0 Å². The summed E-state index contributed by atoms with van der Waals surface area (Å²) in [6.07, 6.45) is 0.417. The highest BCUT2D eigenvalue weighted by atomic mass is 16.7. The van der Waals surface area contributed by atoms with Crippen molar-refractivity contribution in [2.75, 3.05) is 21.3 Å². The van der Waals surface area contributed by atoms with Crippen LogP contribution in [-0.2, 0) is 56.9 Å². The summed E-state index contributed by atoms with van der Waals surface area (Å²) >= 11 is 0. The number of hydrogen-bond donors (Lipinski definition) is 4. The molecule has 24 atom stereocenters. The summed E-state index contributed by atoms with van der Waals surface area (Å²) < 4.78 is 72.0.